The van der Waals surface area contributed by atoms with Crippen LogP contribution in [0.4, 0.5) is 5.69 Å². The fraction of sp³-hybridized carbons (Fsp3) is 0.600. The van der Waals surface area contributed by atoms with Crippen LogP contribution in [-0.2, 0) is 0 Å². The fourth-order valence-corrected chi connectivity index (χ4v) is 1.54. The van der Waals surface area contributed by atoms with Crippen LogP contribution in [0.1, 0.15) is 41.9 Å². The van der Waals surface area contributed by atoms with Gasteiger partial charge >= 0.3 is 0 Å². The van der Waals surface area contributed by atoms with Crippen molar-refractivity contribution in [3.05, 3.63) is 11.4 Å². The van der Waals surface area contributed by atoms with Gasteiger partial charge in [-0.25, -0.2) is 0 Å². The molecule has 1 saturated carbocycles. The lowest BCUT2D eigenvalue weighted by molar-refractivity contribution is 0.0920. The zero-order valence-corrected chi connectivity index (χ0v) is 9.16. The minimum absolute atomic E-state index is 0.198. The maximum atomic E-state index is 11.6. The number of rotatable bonds is 4. The van der Waals surface area contributed by atoms with E-state index in [1.807, 2.05) is 0 Å². The Balaban J connectivity index is 2.05. The molecule has 1 heterocycles. The highest BCUT2D eigenvalue weighted by molar-refractivity contribution is 5.97. The number of nitrogen functional groups attached to an aromatic ring is 1. The highest BCUT2D eigenvalue weighted by Gasteiger charge is 2.30. The van der Waals surface area contributed by atoms with E-state index >= 15 is 0 Å². The summed E-state index contributed by atoms with van der Waals surface area (Å²) in [5.74, 6) is 0.0902. The molecule has 0 aliphatic heterocycles. The standard InChI is InChI=1S/C10H16N4O2/c1-5(15)4-12-10(16)9-7(11)8(13-14-9)6-2-3-6/h5-6,15H,2-4,11H2,1H3,(H,12,16)(H,13,14). The van der Waals surface area contributed by atoms with Gasteiger partial charge in [-0.2, -0.15) is 5.10 Å². The molecule has 5 N–H and O–H groups in total. The summed E-state index contributed by atoms with van der Waals surface area (Å²) in [6.45, 7) is 1.80. The SMILES string of the molecule is CC(O)CNC(=O)c1n[nH]c(C2CC2)c1N. The molecule has 1 aromatic heterocycles. The third kappa shape index (κ3) is 2.16. The highest BCUT2D eigenvalue weighted by atomic mass is 16.3. The molecule has 88 valence electrons. The number of nitrogens with zero attached hydrogens (tertiary/aromatic N) is 1. The Morgan fingerprint density at radius 2 is 2.44 bits per heavy atom. The molecule has 1 aliphatic rings. The van der Waals surface area contributed by atoms with Gasteiger partial charge in [0.2, 0.25) is 0 Å². The number of aliphatic hydroxyl groups is 1. The molecule has 0 bridgehead atoms. The molecule has 1 fully saturated rings. The number of carbonyl (C=O) groups is 1. The quantitative estimate of drug-likeness (QED) is 0.577. The van der Waals surface area contributed by atoms with Gasteiger partial charge in [-0.1, -0.05) is 0 Å². The monoisotopic (exact) mass is 224 g/mol. The second kappa shape index (κ2) is 4.13. The summed E-state index contributed by atoms with van der Waals surface area (Å²) >= 11 is 0. The van der Waals surface area contributed by atoms with Gasteiger partial charge in [0.05, 0.1) is 17.5 Å². The molecular formula is C10H16N4O2. The van der Waals surface area contributed by atoms with E-state index in [0.29, 0.717) is 11.6 Å². The Morgan fingerprint density at radius 3 is 3.00 bits per heavy atom. The van der Waals surface area contributed by atoms with Crippen molar-refractivity contribution >= 4 is 11.6 Å². The Bertz CT molecular complexity index is 396. The molecule has 1 atom stereocenters. The fourth-order valence-electron chi connectivity index (χ4n) is 1.54. The maximum Gasteiger partial charge on any atom is 0.274 e. The number of nitrogens with one attached hydrogen (secondary N) is 2. The minimum atomic E-state index is -0.577. The summed E-state index contributed by atoms with van der Waals surface area (Å²) in [6, 6.07) is 0. The van der Waals surface area contributed by atoms with Crippen molar-refractivity contribution < 1.29 is 9.90 Å². The molecule has 6 nitrogen and oxygen atoms in total. The first-order chi connectivity index (χ1) is 7.59. The molecule has 1 aliphatic carbocycles. The maximum absolute atomic E-state index is 11.6. The van der Waals surface area contributed by atoms with E-state index in [-0.39, 0.29) is 18.1 Å². The lowest BCUT2D eigenvalue weighted by atomic mass is 10.2. The normalized spacial score (nSPS) is 17.1. The number of aromatic nitrogens is 2. The van der Waals surface area contributed by atoms with Crippen molar-refractivity contribution in [2.45, 2.75) is 31.8 Å². The Morgan fingerprint density at radius 1 is 1.75 bits per heavy atom. The first kappa shape index (κ1) is 10.9. The Labute approximate surface area is 93.2 Å². The van der Waals surface area contributed by atoms with Crippen LogP contribution in [0.25, 0.3) is 0 Å². The molecule has 0 saturated heterocycles. The van der Waals surface area contributed by atoms with E-state index in [0.717, 1.165) is 18.5 Å². The number of nitrogens with two attached hydrogens (primary N) is 1. The summed E-state index contributed by atoms with van der Waals surface area (Å²) < 4.78 is 0. The van der Waals surface area contributed by atoms with Crippen LogP contribution in [0, 0.1) is 0 Å². The Hall–Kier alpha value is -1.56. The third-order valence-corrected chi connectivity index (χ3v) is 2.59. The molecule has 0 spiro atoms. The van der Waals surface area contributed by atoms with Crippen molar-refractivity contribution in [2.24, 2.45) is 0 Å². The first-order valence-corrected chi connectivity index (χ1v) is 5.39. The molecule has 2 rings (SSSR count). The van der Waals surface area contributed by atoms with Crippen LogP contribution < -0.4 is 11.1 Å². The van der Waals surface area contributed by atoms with Crippen molar-refractivity contribution in [3.63, 3.8) is 0 Å². The van der Waals surface area contributed by atoms with Crippen LogP contribution >= 0.6 is 0 Å². The second-order valence-corrected chi connectivity index (χ2v) is 4.23. The summed E-state index contributed by atoms with van der Waals surface area (Å²) in [7, 11) is 0. The molecule has 0 radical (unpaired) electrons. The van der Waals surface area contributed by atoms with Crippen LogP contribution in [0.5, 0.6) is 0 Å². The molecule has 1 unspecified atom stereocenters. The number of hydrogen-bond donors (Lipinski definition) is 4. The third-order valence-electron chi connectivity index (χ3n) is 2.59. The van der Waals surface area contributed by atoms with Crippen LogP contribution in [0.2, 0.25) is 0 Å². The average Bonchev–Trinajstić information content (AvgIpc) is 2.99. The second-order valence-electron chi connectivity index (χ2n) is 4.23. The molecule has 6 heteroatoms. The van der Waals surface area contributed by atoms with Gasteiger partial charge in [0.25, 0.3) is 5.91 Å². The van der Waals surface area contributed by atoms with Crippen molar-refractivity contribution in [1.29, 1.82) is 0 Å². The van der Waals surface area contributed by atoms with Gasteiger partial charge in [0, 0.05) is 12.5 Å². The smallest absolute Gasteiger partial charge is 0.274 e. The zero-order valence-electron chi connectivity index (χ0n) is 9.16. The van der Waals surface area contributed by atoms with Crippen molar-refractivity contribution in [3.8, 4) is 0 Å². The number of hydrogen-bond acceptors (Lipinski definition) is 4. The number of aromatic amines is 1. The van der Waals surface area contributed by atoms with Gasteiger partial charge in [-0.15, -0.1) is 0 Å². The topological polar surface area (TPSA) is 104 Å². The highest BCUT2D eigenvalue weighted by Crippen LogP contribution is 2.42. The lowest BCUT2D eigenvalue weighted by Crippen LogP contribution is -2.31. The van der Waals surface area contributed by atoms with Gasteiger partial charge in [0.15, 0.2) is 5.69 Å². The van der Waals surface area contributed by atoms with Crippen LogP contribution in [0.15, 0.2) is 0 Å². The predicted molar refractivity (Wildman–Crippen MR) is 59.0 cm³/mol. The summed E-state index contributed by atoms with van der Waals surface area (Å²) in [5.41, 5.74) is 7.36. The van der Waals surface area contributed by atoms with Gasteiger partial charge in [0.1, 0.15) is 0 Å². The summed E-state index contributed by atoms with van der Waals surface area (Å²) in [4.78, 5) is 11.6. The molecule has 16 heavy (non-hydrogen) atoms. The molecule has 0 aromatic carbocycles. The van der Waals surface area contributed by atoms with E-state index < -0.39 is 6.10 Å². The van der Waals surface area contributed by atoms with Gasteiger partial charge in [-0.05, 0) is 19.8 Å². The van der Waals surface area contributed by atoms with E-state index in [1.54, 1.807) is 6.92 Å². The molecular weight excluding hydrogens is 208 g/mol. The molecule has 1 amide bonds. The first-order valence-electron chi connectivity index (χ1n) is 5.39. The average molecular weight is 224 g/mol. The Kier molecular flexibility index (Phi) is 2.82. The molecule has 1 aromatic rings. The zero-order chi connectivity index (χ0) is 11.7. The van der Waals surface area contributed by atoms with Crippen molar-refractivity contribution in [2.75, 3.05) is 12.3 Å². The summed E-state index contributed by atoms with van der Waals surface area (Å²) in [5, 5.41) is 18.3. The number of aliphatic hydroxyl groups excluding tert-OH is 1. The predicted octanol–water partition coefficient (Wildman–Crippen LogP) is -0.0201. The van der Waals surface area contributed by atoms with E-state index in [4.69, 9.17) is 10.8 Å². The van der Waals surface area contributed by atoms with Crippen LogP contribution in [-0.4, -0.2) is 33.9 Å². The van der Waals surface area contributed by atoms with E-state index in [1.165, 1.54) is 0 Å². The lowest BCUT2D eigenvalue weighted by Gasteiger charge is -2.05. The van der Waals surface area contributed by atoms with E-state index in [2.05, 4.69) is 15.5 Å². The van der Waals surface area contributed by atoms with Crippen molar-refractivity contribution in [1.82, 2.24) is 15.5 Å². The number of H-pyrrole nitrogens is 1. The minimum Gasteiger partial charge on any atom is -0.395 e. The van der Waals surface area contributed by atoms with Crippen LogP contribution in [0.3, 0.4) is 0 Å². The number of amides is 1. The van der Waals surface area contributed by atoms with Gasteiger partial charge in [-0.3, -0.25) is 9.89 Å². The summed E-state index contributed by atoms with van der Waals surface area (Å²) in [6.07, 6.45) is 1.62. The number of carbonyl (C=O) groups excluding carboxylic acids is 1. The van der Waals surface area contributed by atoms with E-state index in [9.17, 15) is 4.79 Å². The van der Waals surface area contributed by atoms with Gasteiger partial charge < -0.3 is 16.2 Å². The largest absolute Gasteiger partial charge is 0.395 e. The number of anilines is 1.